The molecule has 2 fully saturated rings. The minimum absolute atomic E-state index is 0. The van der Waals surface area contributed by atoms with Crippen LogP contribution in [0.4, 0.5) is 0 Å². The van der Waals surface area contributed by atoms with E-state index in [1.165, 1.54) is 32.2 Å². The molecule has 25 heavy (non-hydrogen) atoms. The molecular formula is C18H36IN5O. The van der Waals surface area contributed by atoms with E-state index in [9.17, 15) is 4.79 Å². The van der Waals surface area contributed by atoms with Crippen LogP contribution in [0.1, 0.15) is 58.3 Å². The van der Waals surface area contributed by atoms with Crippen molar-refractivity contribution in [2.75, 3.05) is 33.2 Å². The third-order valence-corrected chi connectivity index (χ3v) is 4.95. The number of nitrogens with one attached hydrogen (secondary N) is 3. The van der Waals surface area contributed by atoms with Crippen LogP contribution in [0, 0.1) is 0 Å². The van der Waals surface area contributed by atoms with Crippen molar-refractivity contribution in [1.82, 2.24) is 20.9 Å². The minimum Gasteiger partial charge on any atom is -0.356 e. The Balaban J connectivity index is 0.00000312. The lowest BCUT2D eigenvalue weighted by Gasteiger charge is -2.35. The van der Waals surface area contributed by atoms with Crippen LogP contribution >= 0.6 is 24.0 Å². The summed E-state index contributed by atoms with van der Waals surface area (Å²) in [5.74, 6) is 1.01. The van der Waals surface area contributed by atoms with Crippen molar-refractivity contribution >= 4 is 35.8 Å². The molecule has 0 aromatic carbocycles. The van der Waals surface area contributed by atoms with Gasteiger partial charge in [-0.25, -0.2) is 0 Å². The molecular weight excluding hydrogens is 429 g/mol. The van der Waals surface area contributed by atoms with E-state index in [2.05, 4.69) is 32.8 Å². The Morgan fingerprint density at radius 1 is 1.16 bits per heavy atom. The molecule has 0 radical (unpaired) electrons. The lowest BCUT2D eigenvalue weighted by Crippen LogP contribution is -2.46. The van der Waals surface area contributed by atoms with Crippen LogP contribution in [0.3, 0.4) is 0 Å². The summed E-state index contributed by atoms with van der Waals surface area (Å²) < 4.78 is 0. The Morgan fingerprint density at radius 3 is 2.60 bits per heavy atom. The number of amides is 1. The van der Waals surface area contributed by atoms with Crippen LogP contribution in [0.15, 0.2) is 4.99 Å². The standard InChI is InChI=1S/C18H35N5O.HI/c1-3-16-7-4-5-13-23(16)14-12-21-18(19-2)20-11-6-8-17(24)22-15-9-10-15;/h15-16H,3-14H2,1-2H3,(H,22,24)(H2,19,20,21);1H. The average Bonchev–Trinajstić information content (AvgIpc) is 3.41. The van der Waals surface area contributed by atoms with Gasteiger partial charge in [0.05, 0.1) is 0 Å². The van der Waals surface area contributed by atoms with Gasteiger partial charge in [-0.3, -0.25) is 14.7 Å². The van der Waals surface area contributed by atoms with E-state index in [1.807, 2.05) is 0 Å². The predicted molar refractivity (Wildman–Crippen MR) is 115 cm³/mol. The van der Waals surface area contributed by atoms with Crippen LogP contribution in [0.2, 0.25) is 0 Å². The van der Waals surface area contributed by atoms with Crippen molar-refractivity contribution in [2.24, 2.45) is 4.99 Å². The molecule has 3 N–H and O–H groups in total. The molecule has 0 bridgehead atoms. The molecule has 6 nitrogen and oxygen atoms in total. The van der Waals surface area contributed by atoms with Gasteiger partial charge >= 0.3 is 0 Å². The minimum atomic E-state index is 0. The third kappa shape index (κ3) is 9.08. The van der Waals surface area contributed by atoms with E-state index in [1.54, 1.807) is 7.05 Å². The highest BCUT2D eigenvalue weighted by Gasteiger charge is 2.22. The first-order chi connectivity index (χ1) is 11.7. The van der Waals surface area contributed by atoms with E-state index in [0.29, 0.717) is 12.5 Å². The zero-order chi connectivity index (χ0) is 17.2. The second-order valence-corrected chi connectivity index (χ2v) is 6.96. The van der Waals surface area contributed by atoms with E-state index in [0.717, 1.165) is 50.9 Å². The van der Waals surface area contributed by atoms with Crippen LogP contribution in [-0.4, -0.2) is 62.1 Å². The fourth-order valence-electron chi connectivity index (χ4n) is 3.34. The Morgan fingerprint density at radius 2 is 1.92 bits per heavy atom. The largest absolute Gasteiger partial charge is 0.356 e. The van der Waals surface area contributed by atoms with Crippen LogP contribution in [0.25, 0.3) is 0 Å². The zero-order valence-corrected chi connectivity index (χ0v) is 18.2. The molecule has 1 saturated carbocycles. The second kappa shape index (κ2) is 12.7. The molecule has 1 saturated heterocycles. The van der Waals surface area contributed by atoms with E-state index < -0.39 is 0 Å². The Kier molecular flexibility index (Phi) is 11.4. The van der Waals surface area contributed by atoms with Gasteiger partial charge in [0.25, 0.3) is 0 Å². The summed E-state index contributed by atoms with van der Waals surface area (Å²) >= 11 is 0. The lowest BCUT2D eigenvalue weighted by atomic mass is 10.0. The number of aliphatic imine (C=N–C) groups is 1. The molecule has 0 aromatic rings. The molecule has 146 valence electrons. The summed E-state index contributed by atoms with van der Waals surface area (Å²) in [6.07, 6.45) is 9.01. The third-order valence-electron chi connectivity index (χ3n) is 4.95. The molecule has 2 aliphatic rings. The number of rotatable bonds is 9. The molecule has 1 atom stereocenters. The van der Waals surface area contributed by atoms with Crippen molar-refractivity contribution < 1.29 is 4.79 Å². The van der Waals surface area contributed by atoms with Gasteiger partial charge in [0.2, 0.25) is 5.91 Å². The lowest BCUT2D eigenvalue weighted by molar-refractivity contribution is -0.121. The molecule has 7 heteroatoms. The molecule has 1 amide bonds. The number of nitrogens with zero attached hydrogens (tertiary/aromatic N) is 2. The molecule has 1 aliphatic carbocycles. The molecule has 1 aliphatic heterocycles. The highest BCUT2D eigenvalue weighted by Crippen LogP contribution is 2.19. The van der Waals surface area contributed by atoms with E-state index in [-0.39, 0.29) is 29.9 Å². The SMILES string of the molecule is CCC1CCCCN1CCNC(=NC)NCCCC(=O)NC1CC1.I. The molecule has 0 aromatic heterocycles. The maximum absolute atomic E-state index is 11.6. The first-order valence-corrected chi connectivity index (χ1v) is 9.71. The number of halogens is 1. The number of hydrogen-bond donors (Lipinski definition) is 3. The van der Waals surface area contributed by atoms with Gasteiger partial charge in [-0.1, -0.05) is 13.3 Å². The summed E-state index contributed by atoms with van der Waals surface area (Å²) in [7, 11) is 1.80. The van der Waals surface area contributed by atoms with Crippen LogP contribution in [-0.2, 0) is 4.79 Å². The predicted octanol–water partition coefficient (Wildman–Crippen LogP) is 2.09. The number of likely N-dealkylation sites (tertiary alicyclic amines) is 1. The van der Waals surface area contributed by atoms with Gasteiger partial charge in [0, 0.05) is 45.2 Å². The highest BCUT2D eigenvalue weighted by atomic mass is 127. The fraction of sp³-hybridized carbons (Fsp3) is 0.889. The number of guanidine groups is 1. The van der Waals surface area contributed by atoms with Crippen LogP contribution in [0.5, 0.6) is 0 Å². The summed E-state index contributed by atoms with van der Waals surface area (Å²) in [5.41, 5.74) is 0. The van der Waals surface area contributed by atoms with Crippen molar-refractivity contribution in [3.63, 3.8) is 0 Å². The number of hydrogen-bond acceptors (Lipinski definition) is 3. The van der Waals surface area contributed by atoms with Gasteiger partial charge in [-0.05, 0) is 45.1 Å². The molecule has 2 rings (SSSR count). The fourth-order valence-corrected chi connectivity index (χ4v) is 3.34. The topological polar surface area (TPSA) is 68.8 Å². The van der Waals surface area contributed by atoms with Crippen LogP contribution < -0.4 is 16.0 Å². The monoisotopic (exact) mass is 465 g/mol. The Labute approximate surface area is 170 Å². The first-order valence-electron chi connectivity index (χ1n) is 9.71. The number of piperidine rings is 1. The Bertz CT molecular complexity index is 414. The highest BCUT2D eigenvalue weighted by molar-refractivity contribution is 14.0. The second-order valence-electron chi connectivity index (χ2n) is 6.96. The maximum Gasteiger partial charge on any atom is 0.220 e. The van der Waals surface area contributed by atoms with Crippen molar-refractivity contribution in [1.29, 1.82) is 0 Å². The van der Waals surface area contributed by atoms with E-state index >= 15 is 0 Å². The average molecular weight is 465 g/mol. The molecule has 0 spiro atoms. The zero-order valence-electron chi connectivity index (χ0n) is 15.9. The molecule has 1 heterocycles. The summed E-state index contributed by atoms with van der Waals surface area (Å²) in [4.78, 5) is 18.5. The van der Waals surface area contributed by atoms with Crippen molar-refractivity contribution in [3.8, 4) is 0 Å². The van der Waals surface area contributed by atoms with Crippen molar-refractivity contribution in [2.45, 2.75) is 70.4 Å². The van der Waals surface area contributed by atoms with Gasteiger partial charge in [0.1, 0.15) is 0 Å². The molecule has 1 unspecified atom stereocenters. The maximum atomic E-state index is 11.6. The quantitative estimate of drug-likeness (QED) is 0.211. The summed E-state index contributed by atoms with van der Waals surface area (Å²) in [5, 5.41) is 9.70. The van der Waals surface area contributed by atoms with Gasteiger partial charge in [-0.2, -0.15) is 0 Å². The number of carbonyl (C=O) groups is 1. The number of carbonyl (C=O) groups excluding carboxylic acids is 1. The smallest absolute Gasteiger partial charge is 0.220 e. The van der Waals surface area contributed by atoms with Crippen molar-refractivity contribution in [3.05, 3.63) is 0 Å². The first kappa shape index (κ1) is 22.5. The summed E-state index contributed by atoms with van der Waals surface area (Å²) in [6, 6.07) is 1.21. The van der Waals surface area contributed by atoms with Gasteiger partial charge < -0.3 is 16.0 Å². The summed E-state index contributed by atoms with van der Waals surface area (Å²) in [6.45, 7) is 6.28. The normalized spacial score (nSPS) is 21.4. The van der Waals surface area contributed by atoms with Gasteiger partial charge in [-0.15, -0.1) is 24.0 Å². The Hall–Kier alpha value is -0.570. The van der Waals surface area contributed by atoms with Gasteiger partial charge in [0.15, 0.2) is 5.96 Å². The van der Waals surface area contributed by atoms with E-state index in [4.69, 9.17) is 0 Å².